The standard InChI is InChI=1S/C20H20ClN3O2S2/c1-26-16-4-2-14(3-5-16)19-22-15(13-27-19)12-23-8-10-24(11-9-23)20(25)17-6-7-18(21)28-17/h2-7,13H,8-12H2,1H3. The van der Waals surface area contributed by atoms with Crippen LogP contribution in [-0.2, 0) is 6.54 Å². The number of carbonyl (C=O) groups excluding carboxylic acids is 1. The zero-order valence-electron chi connectivity index (χ0n) is 15.4. The van der Waals surface area contributed by atoms with Gasteiger partial charge in [0.05, 0.1) is 22.0 Å². The Balaban J connectivity index is 1.32. The molecule has 0 spiro atoms. The Morgan fingerprint density at radius 2 is 1.89 bits per heavy atom. The quantitative estimate of drug-likeness (QED) is 0.594. The van der Waals surface area contributed by atoms with Crippen LogP contribution in [0.15, 0.2) is 41.8 Å². The molecule has 8 heteroatoms. The fourth-order valence-corrected chi connectivity index (χ4v) is 5.00. The molecule has 28 heavy (non-hydrogen) atoms. The number of hydrogen-bond acceptors (Lipinski definition) is 6. The highest BCUT2D eigenvalue weighted by Crippen LogP contribution is 2.27. The van der Waals surface area contributed by atoms with Crippen molar-refractivity contribution in [3.8, 4) is 16.3 Å². The predicted octanol–water partition coefficient (Wildman–Crippen LogP) is 4.49. The number of hydrogen-bond donors (Lipinski definition) is 0. The van der Waals surface area contributed by atoms with Crippen LogP contribution < -0.4 is 4.74 Å². The number of piperazine rings is 1. The molecule has 0 saturated carbocycles. The van der Waals surface area contributed by atoms with Gasteiger partial charge in [0.15, 0.2) is 0 Å². The number of nitrogens with zero attached hydrogens (tertiary/aromatic N) is 3. The number of thiophene rings is 1. The number of aromatic nitrogens is 1. The van der Waals surface area contributed by atoms with E-state index in [0.29, 0.717) is 9.21 Å². The largest absolute Gasteiger partial charge is 0.497 e. The highest BCUT2D eigenvalue weighted by atomic mass is 35.5. The van der Waals surface area contributed by atoms with E-state index in [1.165, 1.54) is 11.3 Å². The number of halogens is 1. The first-order valence-electron chi connectivity index (χ1n) is 8.98. The van der Waals surface area contributed by atoms with Crippen LogP contribution in [0.4, 0.5) is 0 Å². The highest BCUT2D eigenvalue weighted by Gasteiger charge is 2.23. The van der Waals surface area contributed by atoms with E-state index in [2.05, 4.69) is 10.3 Å². The molecular weight excluding hydrogens is 414 g/mol. The molecule has 2 aromatic heterocycles. The summed E-state index contributed by atoms with van der Waals surface area (Å²) in [5.41, 5.74) is 2.17. The van der Waals surface area contributed by atoms with Gasteiger partial charge in [-0.25, -0.2) is 4.98 Å². The van der Waals surface area contributed by atoms with E-state index in [0.717, 1.165) is 54.7 Å². The minimum atomic E-state index is 0.0759. The van der Waals surface area contributed by atoms with E-state index < -0.39 is 0 Å². The molecule has 0 N–H and O–H groups in total. The van der Waals surface area contributed by atoms with Gasteiger partial charge in [-0.15, -0.1) is 22.7 Å². The molecule has 1 amide bonds. The van der Waals surface area contributed by atoms with Gasteiger partial charge < -0.3 is 9.64 Å². The lowest BCUT2D eigenvalue weighted by molar-refractivity contribution is 0.0632. The summed E-state index contributed by atoms with van der Waals surface area (Å²) in [4.78, 5) is 22.3. The smallest absolute Gasteiger partial charge is 0.264 e. The Kier molecular flexibility index (Phi) is 5.96. The first kappa shape index (κ1) is 19.4. The number of ether oxygens (including phenoxy) is 1. The van der Waals surface area contributed by atoms with Crippen LogP contribution in [-0.4, -0.2) is 54.0 Å². The minimum absolute atomic E-state index is 0.0759. The van der Waals surface area contributed by atoms with E-state index in [-0.39, 0.29) is 5.91 Å². The molecule has 4 rings (SSSR count). The maximum absolute atomic E-state index is 12.5. The molecule has 146 valence electrons. The fraction of sp³-hybridized carbons (Fsp3) is 0.300. The Morgan fingerprint density at radius 3 is 2.54 bits per heavy atom. The van der Waals surface area contributed by atoms with Crippen molar-refractivity contribution in [2.45, 2.75) is 6.54 Å². The molecule has 3 aromatic rings. The third kappa shape index (κ3) is 4.38. The van der Waals surface area contributed by atoms with E-state index in [9.17, 15) is 4.79 Å². The predicted molar refractivity (Wildman–Crippen MR) is 115 cm³/mol. The summed E-state index contributed by atoms with van der Waals surface area (Å²) in [5, 5.41) is 3.13. The van der Waals surface area contributed by atoms with Crippen molar-refractivity contribution in [3.63, 3.8) is 0 Å². The highest BCUT2D eigenvalue weighted by molar-refractivity contribution is 7.18. The van der Waals surface area contributed by atoms with Crippen molar-refractivity contribution >= 4 is 40.2 Å². The molecule has 0 radical (unpaired) electrons. The maximum Gasteiger partial charge on any atom is 0.264 e. The molecule has 0 bridgehead atoms. The van der Waals surface area contributed by atoms with Gasteiger partial charge in [0.2, 0.25) is 0 Å². The SMILES string of the molecule is COc1ccc(-c2nc(CN3CCN(C(=O)c4ccc(Cl)s4)CC3)cs2)cc1. The van der Waals surface area contributed by atoms with Crippen molar-refractivity contribution in [1.29, 1.82) is 0 Å². The van der Waals surface area contributed by atoms with E-state index in [1.807, 2.05) is 29.2 Å². The summed E-state index contributed by atoms with van der Waals surface area (Å²) in [6.45, 7) is 3.95. The molecule has 0 unspecified atom stereocenters. The number of amides is 1. The van der Waals surface area contributed by atoms with Crippen molar-refractivity contribution in [2.24, 2.45) is 0 Å². The Labute approximate surface area is 177 Å². The second-order valence-corrected chi connectivity index (χ2v) is 9.12. The van der Waals surface area contributed by atoms with Crippen molar-refractivity contribution in [3.05, 3.63) is 56.7 Å². The fourth-order valence-electron chi connectivity index (χ4n) is 3.17. The summed E-state index contributed by atoms with van der Waals surface area (Å²) in [6, 6.07) is 11.5. The number of thiazole rings is 1. The van der Waals surface area contributed by atoms with Crippen LogP contribution >= 0.6 is 34.3 Å². The molecule has 1 aliphatic rings. The van der Waals surface area contributed by atoms with Gasteiger partial charge in [-0.2, -0.15) is 0 Å². The average molecular weight is 434 g/mol. The molecule has 3 heterocycles. The Morgan fingerprint density at radius 1 is 1.14 bits per heavy atom. The van der Waals surface area contributed by atoms with E-state index >= 15 is 0 Å². The maximum atomic E-state index is 12.5. The van der Waals surface area contributed by atoms with Gasteiger partial charge in [0, 0.05) is 43.7 Å². The van der Waals surface area contributed by atoms with Gasteiger partial charge in [0.1, 0.15) is 10.8 Å². The molecule has 1 saturated heterocycles. The number of methoxy groups -OCH3 is 1. The monoisotopic (exact) mass is 433 g/mol. The lowest BCUT2D eigenvalue weighted by atomic mass is 10.2. The number of carbonyl (C=O) groups is 1. The van der Waals surface area contributed by atoms with Crippen molar-refractivity contribution < 1.29 is 9.53 Å². The third-order valence-corrected chi connectivity index (χ3v) is 6.88. The lowest BCUT2D eigenvalue weighted by Crippen LogP contribution is -2.48. The van der Waals surface area contributed by atoms with E-state index in [1.54, 1.807) is 30.6 Å². The third-order valence-electron chi connectivity index (χ3n) is 4.72. The van der Waals surface area contributed by atoms with Crippen LogP contribution in [0.25, 0.3) is 10.6 Å². The van der Waals surface area contributed by atoms with Gasteiger partial charge in [-0.05, 0) is 36.4 Å². The summed E-state index contributed by atoms with van der Waals surface area (Å²) in [5.74, 6) is 0.921. The van der Waals surface area contributed by atoms with Crippen molar-refractivity contribution in [2.75, 3.05) is 33.3 Å². The van der Waals surface area contributed by atoms with Gasteiger partial charge in [-0.3, -0.25) is 9.69 Å². The summed E-state index contributed by atoms with van der Waals surface area (Å²) in [6.07, 6.45) is 0. The second-order valence-electron chi connectivity index (χ2n) is 6.54. The zero-order valence-corrected chi connectivity index (χ0v) is 17.8. The minimum Gasteiger partial charge on any atom is -0.497 e. The lowest BCUT2D eigenvalue weighted by Gasteiger charge is -2.34. The molecule has 0 atom stereocenters. The molecular formula is C20H20ClN3O2S2. The van der Waals surface area contributed by atoms with Gasteiger partial charge in [-0.1, -0.05) is 11.6 Å². The summed E-state index contributed by atoms with van der Waals surface area (Å²) < 4.78 is 5.86. The summed E-state index contributed by atoms with van der Waals surface area (Å²) in [7, 11) is 1.67. The van der Waals surface area contributed by atoms with Crippen LogP contribution in [0.3, 0.4) is 0 Å². The first-order valence-corrected chi connectivity index (χ1v) is 11.1. The number of benzene rings is 1. The van der Waals surface area contributed by atoms with Crippen molar-refractivity contribution in [1.82, 2.24) is 14.8 Å². The average Bonchev–Trinajstić information content (AvgIpc) is 3.37. The first-order chi connectivity index (χ1) is 13.6. The van der Waals surface area contributed by atoms with Crippen LogP contribution in [0.1, 0.15) is 15.4 Å². The topological polar surface area (TPSA) is 45.7 Å². The van der Waals surface area contributed by atoms with Crippen LogP contribution in [0.2, 0.25) is 4.34 Å². The zero-order chi connectivity index (χ0) is 19.5. The van der Waals surface area contributed by atoms with Gasteiger partial charge >= 0.3 is 0 Å². The van der Waals surface area contributed by atoms with Gasteiger partial charge in [0.25, 0.3) is 5.91 Å². The molecule has 1 aromatic carbocycles. The summed E-state index contributed by atoms with van der Waals surface area (Å²) >= 11 is 8.94. The van der Waals surface area contributed by atoms with Crippen LogP contribution in [0.5, 0.6) is 5.75 Å². The molecule has 1 aliphatic heterocycles. The van der Waals surface area contributed by atoms with E-state index in [4.69, 9.17) is 21.3 Å². The Bertz CT molecular complexity index is 947. The van der Waals surface area contributed by atoms with Crippen LogP contribution in [0, 0.1) is 0 Å². The second kappa shape index (κ2) is 8.61. The Hall–Kier alpha value is -1.93. The molecule has 0 aliphatic carbocycles. The molecule has 5 nitrogen and oxygen atoms in total. The number of rotatable bonds is 5. The molecule has 1 fully saturated rings. The normalized spacial score (nSPS) is 15.0.